The molecule has 3 N–H and O–H groups in total. The van der Waals surface area contributed by atoms with Gasteiger partial charge in [-0.05, 0) is 77.0 Å². The number of unbranched alkanes of at least 4 members (excludes halogenated alkanes) is 45. The van der Waals surface area contributed by atoms with E-state index in [4.69, 9.17) is 37.0 Å². The lowest BCUT2D eigenvalue weighted by molar-refractivity contribution is -0.161. The summed E-state index contributed by atoms with van der Waals surface area (Å²) in [4.78, 5) is 72.7. The summed E-state index contributed by atoms with van der Waals surface area (Å²) in [6.45, 7) is 4.83. The number of phosphoric ester groups is 2. The summed E-state index contributed by atoms with van der Waals surface area (Å²) in [5, 5.41) is 10.6. The molecule has 2 unspecified atom stereocenters. The van der Waals surface area contributed by atoms with E-state index in [2.05, 4.69) is 76.3 Å². The van der Waals surface area contributed by atoms with Crippen molar-refractivity contribution in [1.29, 1.82) is 0 Å². The Morgan fingerprint density at radius 3 is 0.737 bits per heavy atom. The first-order valence-electron chi connectivity index (χ1n) is 40.4. The third kappa shape index (κ3) is 73.1. The van der Waals surface area contributed by atoms with Crippen molar-refractivity contribution in [2.24, 2.45) is 0 Å². The molecular formula is C80H148O17P2. The lowest BCUT2D eigenvalue weighted by Crippen LogP contribution is -2.30. The summed E-state index contributed by atoms with van der Waals surface area (Å²) in [6, 6.07) is 0. The van der Waals surface area contributed by atoms with Crippen LogP contribution in [0.2, 0.25) is 0 Å². The third-order valence-corrected chi connectivity index (χ3v) is 19.5. The molecule has 17 nitrogen and oxygen atoms in total. The van der Waals surface area contributed by atoms with Crippen LogP contribution in [0.4, 0.5) is 0 Å². The van der Waals surface area contributed by atoms with E-state index in [1.807, 2.05) is 0 Å². The predicted molar refractivity (Wildman–Crippen MR) is 404 cm³/mol. The molecule has 0 aromatic heterocycles. The first kappa shape index (κ1) is 96.0. The number of hydrogen-bond donors (Lipinski definition) is 3. The maximum Gasteiger partial charge on any atom is 0.472 e. The van der Waals surface area contributed by atoms with E-state index in [1.54, 1.807) is 0 Å². The standard InChI is InChI=1S/C80H148O17P2/c1-5-9-13-17-21-24-27-30-33-34-35-36-37-38-39-42-45-48-51-55-59-63-67-80(85)97-76(71-91-78(83)65-61-57-53-49-46-43-40-31-28-25-22-18-14-10-6-2)73-95-99(88,89)93-69-74(81)68-92-98(86,87)94-72-75(70-90-77(82)64-60-56-52-20-16-12-8-4)96-79(84)66-62-58-54-50-47-44-41-32-29-26-23-19-15-11-7-3/h25-26,28-29,31-32,40-41,74-76,81H,5-24,27,30,33-39,42-73H2,1-4H3,(H,86,87)(H,88,89)/b28-25-,29-26-,40-31-,41-32-/t74-,75+,76+/m0/s1. The van der Waals surface area contributed by atoms with Gasteiger partial charge in [-0.25, -0.2) is 9.13 Å². The van der Waals surface area contributed by atoms with Crippen LogP contribution in [-0.2, 0) is 65.4 Å². The van der Waals surface area contributed by atoms with Gasteiger partial charge in [0, 0.05) is 25.7 Å². The lowest BCUT2D eigenvalue weighted by Gasteiger charge is -2.21. The minimum atomic E-state index is -4.97. The summed E-state index contributed by atoms with van der Waals surface area (Å²) >= 11 is 0. The molecule has 0 bridgehead atoms. The van der Waals surface area contributed by atoms with Gasteiger partial charge in [-0.15, -0.1) is 0 Å². The predicted octanol–water partition coefficient (Wildman–Crippen LogP) is 23.3. The highest BCUT2D eigenvalue weighted by molar-refractivity contribution is 7.47. The molecule has 0 aliphatic rings. The Morgan fingerprint density at radius 2 is 0.485 bits per heavy atom. The molecule has 0 fully saturated rings. The van der Waals surface area contributed by atoms with Crippen molar-refractivity contribution in [1.82, 2.24) is 0 Å². The summed E-state index contributed by atoms with van der Waals surface area (Å²) in [7, 11) is -9.93. The van der Waals surface area contributed by atoms with E-state index in [9.17, 15) is 43.2 Å². The minimum Gasteiger partial charge on any atom is -0.462 e. The minimum absolute atomic E-state index is 0.0828. The van der Waals surface area contributed by atoms with Gasteiger partial charge in [0.05, 0.1) is 26.4 Å². The van der Waals surface area contributed by atoms with Gasteiger partial charge >= 0.3 is 39.5 Å². The fraction of sp³-hybridized carbons (Fsp3) is 0.850. The number of carbonyl (C=O) groups is 4. The van der Waals surface area contributed by atoms with Crippen molar-refractivity contribution < 1.29 is 80.2 Å². The van der Waals surface area contributed by atoms with E-state index >= 15 is 0 Å². The second-order valence-corrected chi connectivity index (χ2v) is 30.3. The first-order chi connectivity index (χ1) is 48.2. The highest BCUT2D eigenvalue weighted by atomic mass is 31.2. The summed E-state index contributed by atoms with van der Waals surface area (Å²) in [5.41, 5.74) is 0. The zero-order chi connectivity index (χ0) is 72.5. The zero-order valence-electron chi connectivity index (χ0n) is 63.4. The van der Waals surface area contributed by atoms with Crippen LogP contribution in [0.25, 0.3) is 0 Å². The Bertz CT molecular complexity index is 2070. The fourth-order valence-electron chi connectivity index (χ4n) is 11.4. The number of aliphatic hydroxyl groups excluding tert-OH is 1. The summed E-state index contributed by atoms with van der Waals surface area (Å²) in [5.74, 6) is -2.18. The molecule has 0 rings (SSSR count). The lowest BCUT2D eigenvalue weighted by atomic mass is 10.0. The molecule has 5 atom stereocenters. The molecule has 0 heterocycles. The molecule has 580 valence electrons. The van der Waals surface area contributed by atoms with Crippen LogP contribution in [0.15, 0.2) is 48.6 Å². The van der Waals surface area contributed by atoms with Crippen LogP contribution in [0.1, 0.15) is 381 Å². The molecule has 99 heavy (non-hydrogen) atoms. The number of ether oxygens (including phenoxy) is 4. The maximum absolute atomic E-state index is 13.1. The molecule has 19 heteroatoms. The van der Waals surface area contributed by atoms with E-state index in [0.717, 1.165) is 135 Å². The van der Waals surface area contributed by atoms with Crippen LogP contribution in [-0.4, -0.2) is 96.7 Å². The monoisotopic (exact) mass is 1440 g/mol. The van der Waals surface area contributed by atoms with Crippen molar-refractivity contribution >= 4 is 39.5 Å². The molecule has 0 aromatic rings. The highest BCUT2D eigenvalue weighted by Gasteiger charge is 2.30. The molecule has 0 aliphatic carbocycles. The molecule has 0 saturated heterocycles. The topological polar surface area (TPSA) is 237 Å². The Morgan fingerprint density at radius 1 is 0.283 bits per heavy atom. The molecule has 0 spiro atoms. The summed E-state index contributed by atoms with van der Waals surface area (Å²) < 4.78 is 68.4. The Balaban J connectivity index is 5.21. The molecule has 0 amide bonds. The van der Waals surface area contributed by atoms with Crippen molar-refractivity contribution in [3.8, 4) is 0 Å². The molecule has 0 radical (unpaired) electrons. The van der Waals surface area contributed by atoms with E-state index in [-0.39, 0.29) is 25.7 Å². The summed E-state index contributed by atoms with van der Waals surface area (Å²) in [6.07, 6.45) is 71.3. The fourth-order valence-corrected chi connectivity index (χ4v) is 13.0. The van der Waals surface area contributed by atoms with Crippen LogP contribution in [0, 0.1) is 0 Å². The van der Waals surface area contributed by atoms with Gasteiger partial charge in [0.15, 0.2) is 12.2 Å². The van der Waals surface area contributed by atoms with E-state index in [1.165, 1.54) is 167 Å². The smallest absolute Gasteiger partial charge is 0.462 e. The van der Waals surface area contributed by atoms with Crippen molar-refractivity contribution in [3.05, 3.63) is 48.6 Å². The Labute approximate surface area is 604 Å². The van der Waals surface area contributed by atoms with Gasteiger partial charge in [-0.1, -0.05) is 327 Å². The molecule has 0 aromatic carbocycles. The maximum atomic E-state index is 13.1. The number of aliphatic hydroxyl groups is 1. The molecule has 0 aliphatic heterocycles. The van der Waals surface area contributed by atoms with Gasteiger partial charge in [0.1, 0.15) is 19.3 Å². The molecular weight excluding hydrogens is 1290 g/mol. The van der Waals surface area contributed by atoms with Crippen molar-refractivity contribution in [3.63, 3.8) is 0 Å². The Hall–Kier alpha value is -2.98. The van der Waals surface area contributed by atoms with Gasteiger partial charge in [-0.2, -0.15) is 0 Å². The first-order valence-corrected chi connectivity index (χ1v) is 43.4. The average molecular weight is 1440 g/mol. The van der Waals surface area contributed by atoms with Gasteiger partial charge in [0.2, 0.25) is 0 Å². The second kappa shape index (κ2) is 73.3. The van der Waals surface area contributed by atoms with Crippen LogP contribution >= 0.6 is 15.6 Å². The SMILES string of the molecule is CCCCCC/C=C\C=C/CCCCCCCC(=O)OC[C@H](COP(=O)(O)OC[C@@H](O)COP(=O)(O)OC[C@@H](COC(=O)CCCCCCCCC)OC(=O)CCCCCCC/C=C\C=C/CCCCCC)OC(=O)CCCCCCCCCCCCCCCCCCCCCCCC. The number of rotatable bonds is 77. The van der Waals surface area contributed by atoms with Gasteiger partial charge < -0.3 is 33.8 Å². The van der Waals surface area contributed by atoms with E-state index < -0.39 is 97.5 Å². The van der Waals surface area contributed by atoms with Crippen LogP contribution in [0.5, 0.6) is 0 Å². The number of allylic oxidation sites excluding steroid dienone is 8. The number of hydrogen-bond acceptors (Lipinski definition) is 15. The largest absolute Gasteiger partial charge is 0.472 e. The number of carbonyl (C=O) groups excluding carboxylic acids is 4. The third-order valence-electron chi connectivity index (χ3n) is 17.6. The Kier molecular flexibility index (Phi) is 71.1. The van der Waals surface area contributed by atoms with Crippen LogP contribution < -0.4 is 0 Å². The zero-order valence-corrected chi connectivity index (χ0v) is 65.2. The van der Waals surface area contributed by atoms with Gasteiger partial charge in [0.25, 0.3) is 0 Å². The highest BCUT2D eigenvalue weighted by Crippen LogP contribution is 2.45. The van der Waals surface area contributed by atoms with E-state index in [0.29, 0.717) is 25.7 Å². The number of esters is 4. The average Bonchev–Trinajstić information content (AvgIpc) is 1.05. The molecule has 0 saturated carbocycles. The van der Waals surface area contributed by atoms with Crippen molar-refractivity contribution in [2.45, 2.75) is 399 Å². The van der Waals surface area contributed by atoms with Crippen LogP contribution in [0.3, 0.4) is 0 Å². The normalized spacial score (nSPS) is 14.1. The van der Waals surface area contributed by atoms with Gasteiger partial charge in [-0.3, -0.25) is 37.3 Å². The quantitative estimate of drug-likeness (QED) is 0.0169. The van der Waals surface area contributed by atoms with Crippen molar-refractivity contribution in [2.75, 3.05) is 39.6 Å². The second-order valence-electron chi connectivity index (χ2n) is 27.4. The number of phosphoric acid groups is 2.